The molecule has 20 heavy (non-hydrogen) atoms. The van der Waals surface area contributed by atoms with Gasteiger partial charge in [0, 0.05) is 18.4 Å². The third-order valence-electron chi connectivity index (χ3n) is 3.32. The highest BCUT2D eigenvalue weighted by Gasteiger charge is 2.22. The lowest BCUT2D eigenvalue weighted by molar-refractivity contribution is 0.426. The number of sulfone groups is 1. The largest absolute Gasteiger partial charge is 0.440 e. The van der Waals surface area contributed by atoms with Crippen LogP contribution in [0.5, 0.6) is 5.75 Å². The number of halogens is 1. The molecule has 1 heterocycles. The zero-order valence-electron chi connectivity index (χ0n) is 11.5. The monoisotopic (exact) mass is 297 g/mol. The SMILES string of the molecule is CC1C=CN=C(Oc2ccc(S(C)(=O)=O)cc2F)C1C. The van der Waals surface area contributed by atoms with Crippen LogP contribution in [0.1, 0.15) is 13.8 Å². The molecule has 1 aliphatic heterocycles. The van der Waals surface area contributed by atoms with Crippen LogP contribution in [-0.2, 0) is 9.84 Å². The molecule has 0 radical (unpaired) electrons. The van der Waals surface area contributed by atoms with Crippen LogP contribution in [0.25, 0.3) is 0 Å². The minimum atomic E-state index is -3.43. The third kappa shape index (κ3) is 3.07. The minimum Gasteiger partial charge on any atom is -0.440 e. The van der Waals surface area contributed by atoms with Gasteiger partial charge in [-0.25, -0.2) is 17.8 Å². The molecule has 0 saturated carbocycles. The summed E-state index contributed by atoms with van der Waals surface area (Å²) in [6.45, 7) is 3.96. The van der Waals surface area contributed by atoms with Crippen molar-refractivity contribution >= 4 is 15.7 Å². The molecule has 2 rings (SSSR count). The molecule has 2 unspecified atom stereocenters. The summed E-state index contributed by atoms with van der Waals surface area (Å²) in [5, 5.41) is 0. The van der Waals surface area contributed by atoms with Crippen molar-refractivity contribution in [2.24, 2.45) is 16.8 Å². The molecule has 0 bridgehead atoms. The van der Waals surface area contributed by atoms with E-state index in [2.05, 4.69) is 4.99 Å². The molecule has 1 aromatic carbocycles. The van der Waals surface area contributed by atoms with E-state index in [9.17, 15) is 12.8 Å². The van der Waals surface area contributed by atoms with Crippen molar-refractivity contribution in [1.29, 1.82) is 0 Å². The van der Waals surface area contributed by atoms with Crippen LogP contribution >= 0.6 is 0 Å². The van der Waals surface area contributed by atoms with Gasteiger partial charge in [-0.3, -0.25) is 0 Å². The highest BCUT2D eigenvalue weighted by atomic mass is 32.2. The molecule has 0 saturated heterocycles. The Bertz CT molecular complexity index is 680. The first kappa shape index (κ1) is 14.7. The van der Waals surface area contributed by atoms with Crippen molar-refractivity contribution in [3.63, 3.8) is 0 Å². The fraction of sp³-hybridized carbons (Fsp3) is 0.357. The highest BCUT2D eigenvalue weighted by Crippen LogP contribution is 2.25. The maximum absolute atomic E-state index is 13.9. The quantitative estimate of drug-likeness (QED) is 0.843. The molecule has 0 fully saturated rings. The number of benzene rings is 1. The van der Waals surface area contributed by atoms with Gasteiger partial charge in [-0.15, -0.1) is 0 Å². The van der Waals surface area contributed by atoms with E-state index >= 15 is 0 Å². The fourth-order valence-corrected chi connectivity index (χ4v) is 2.42. The maximum Gasteiger partial charge on any atom is 0.198 e. The van der Waals surface area contributed by atoms with Crippen LogP contribution in [0.3, 0.4) is 0 Å². The average Bonchev–Trinajstić information content (AvgIpc) is 2.36. The number of allylic oxidation sites excluding steroid dienone is 1. The normalized spacial score (nSPS) is 22.5. The Labute approximate surface area is 117 Å². The smallest absolute Gasteiger partial charge is 0.198 e. The summed E-state index contributed by atoms with van der Waals surface area (Å²) in [4.78, 5) is 4.02. The van der Waals surface area contributed by atoms with Crippen LogP contribution in [0, 0.1) is 17.7 Å². The Morgan fingerprint density at radius 3 is 2.60 bits per heavy atom. The number of hydrogen-bond donors (Lipinski definition) is 0. The van der Waals surface area contributed by atoms with Gasteiger partial charge >= 0.3 is 0 Å². The van der Waals surface area contributed by atoms with Crippen molar-refractivity contribution < 1.29 is 17.5 Å². The first-order chi connectivity index (χ1) is 9.29. The molecular weight excluding hydrogens is 281 g/mol. The van der Waals surface area contributed by atoms with E-state index in [1.165, 1.54) is 12.1 Å². The summed E-state index contributed by atoms with van der Waals surface area (Å²) >= 11 is 0. The van der Waals surface area contributed by atoms with Gasteiger partial charge in [-0.2, -0.15) is 0 Å². The summed E-state index contributed by atoms with van der Waals surface area (Å²) in [6.07, 6.45) is 4.60. The number of hydrogen-bond acceptors (Lipinski definition) is 4. The Hall–Kier alpha value is -1.69. The van der Waals surface area contributed by atoms with E-state index in [0.29, 0.717) is 5.90 Å². The van der Waals surface area contributed by atoms with Crippen LogP contribution in [0.4, 0.5) is 4.39 Å². The van der Waals surface area contributed by atoms with E-state index in [4.69, 9.17) is 4.74 Å². The fourth-order valence-electron chi connectivity index (χ4n) is 1.79. The van der Waals surface area contributed by atoms with Gasteiger partial charge in [0.05, 0.1) is 4.90 Å². The van der Waals surface area contributed by atoms with Gasteiger partial charge in [0.1, 0.15) is 0 Å². The zero-order chi connectivity index (χ0) is 14.9. The van der Waals surface area contributed by atoms with E-state index in [1.807, 2.05) is 19.9 Å². The lowest BCUT2D eigenvalue weighted by atomic mass is 9.94. The second kappa shape index (κ2) is 5.36. The Morgan fingerprint density at radius 1 is 1.30 bits per heavy atom. The van der Waals surface area contributed by atoms with Gasteiger partial charge in [0.25, 0.3) is 0 Å². The highest BCUT2D eigenvalue weighted by molar-refractivity contribution is 7.90. The summed E-state index contributed by atoms with van der Waals surface area (Å²) < 4.78 is 42.0. The molecule has 4 nitrogen and oxygen atoms in total. The molecule has 0 aliphatic carbocycles. The van der Waals surface area contributed by atoms with Gasteiger partial charge in [0.2, 0.25) is 0 Å². The lowest BCUT2D eigenvalue weighted by Gasteiger charge is -2.21. The van der Waals surface area contributed by atoms with E-state index in [0.717, 1.165) is 12.3 Å². The second-order valence-electron chi connectivity index (χ2n) is 4.92. The molecule has 0 N–H and O–H groups in total. The lowest BCUT2D eigenvalue weighted by Crippen LogP contribution is -2.25. The molecule has 0 aromatic heterocycles. The number of ether oxygens (including phenoxy) is 1. The predicted molar refractivity (Wildman–Crippen MR) is 75.0 cm³/mol. The number of aliphatic imine (C=N–C) groups is 1. The average molecular weight is 297 g/mol. The van der Waals surface area contributed by atoms with Crippen molar-refractivity contribution in [2.45, 2.75) is 18.7 Å². The summed E-state index contributed by atoms with van der Waals surface area (Å²) in [5.41, 5.74) is 0. The standard InChI is InChI=1S/C14H16FNO3S/c1-9-6-7-16-14(10(9)2)19-13-5-4-11(8-12(13)15)20(3,17)18/h4-10H,1-3H3. The van der Waals surface area contributed by atoms with Crippen LogP contribution in [0.2, 0.25) is 0 Å². The maximum atomic E-state index is 13.9. The molecule has 0 spiro atoms. The molecule has 2 atom stereocenters. The Balaban J connectivity index is 2.27. The first-order valence-corrected chi connectivity index (χ1v) is 8.10. The molecule has 1 aliphatic rings. The third-order valence-corrected chi connectivity index (χ3v) is 4.43. The van der Waals surface area contributed by atoms with Crippen LogP contribution in [-0.4, -0.2) is 20.6 Å². The van der Waals surface area contributed by atoms with Gasteiger partial charge < -0.3 is 4.74 Å². The summed E-state index contributed by atoms with van der Waals surface area (Å²) in [5.74, 6) is -0.0311. The van der Waals surface area contributed by atoms with Crippen molar-refractivity contribution in [3.8, 4) is 5.75 Å². The van der Waals surface area contributed by atoms with Crippen LogP contribution < -0.4 is 4.74 Å². The Morgan fingerprint density at radius 2 is 2.00 bits per heavy atom. The van der Waals surface area contributed by atoms with Gasteiger partial charge in [-0.1, -0.05) is 19.9 Å². The Kier molecular flexibility index (Phi) is 3.94. The van der Waals surface area contributed by atoms with E-state index < -0.39 is 15.7 Å². The van der Waals surface area contributed by atoms with Crippen molar-refractivity contribution in [1.82, 2.24) is 0 Å². The van der Waals surface area contributed by atoms with Gasteiger partial charge in [-0.05, 0) is 24.1 Å². The minimum absolute atomic E-state index is 0.0227. The zero-order valence-corrected chi connectivity index (χ0v) is 12.3. The summed E-state index contributed by atoms with van der Waals surface area (Å²) in [7, 11) is -3.43. The van der Waals surface area contributed by atoms with E-state index in [-0.39, 0.29) is 22.5 Å². The van der Waals surface area contributed by atoms with Crippen molar-refractivity contribution in [3.05, 3.63) is 36.3 Å². The van der Waals surface area contributed by atoms with E-state index in [1.54, 1.807) is 6.20 Å². The van der Waals surface area contributed by atoms with Crippen LogP contribution in [0.15, 0.2) is 40.4 Å². The number of nitrogens with zero attached hydrogens (tertiary/aromatic N) is 1. The summed E-state index contributed by atoms with van der Waals surface area (Å²) in [6, 6.07) is 3.59. The molecule has 0 amide bonds. The molecule has 6 heteroatoms. The molecule has 1 aromatic rings. The van der Waals surface area contributed by atoms with Crippen molar-refractivity contribution in [2.75, 3.05) is 6.26 Å². The molecular formula is C14H16FNO3S. The van der Waals surface area contributed by atoms with Gasteiger partial charge in [0.15, 0.2) is 27.3 Å². The predicted octanol–water partition coefficient (Wildman–Crippen LogP) is 2.81. The molecule has 108 valence electrons. The number of rotatable bonds is 2. The first-order valence-electron chi connectivity index (χ1n) is 6.21. The second-order valence-corrected chi connectivity index (χ2v) is 6.94. The topological polar surface area (TPSA) is 55.7 Å².